The number of rotatable bonds is 6. The van der Waals surface area contributed by atoms with Gasteiger partial charge in [-0.2, -0.15) is 0 Å². The minimum atomic E-state index is -0.790. The molecule has 0 saturated heterocycles. The van der Waals surface area contributed by atoms with Gasteiger partial charge in [-0.3, -0.25) is 4.79 Å². The highest BCUT2D eigenvalue weighted by atomic mass is 16.5. The van der Waals surface area contributed by atoms with Gasteiger partial charge in [0, 0.05) is 23.9 Å². The quantitative estimate of drug-likeness (QED) is 0.636. The minimum Gasteiger partial charge on any atom is -0.507 e. The van der Waals surface area contributed by atoms with Crippen molar-refractivity contribution in [2.24, 2.45) is 0 Å². The number of nitrogens with one attached hydrogen (secondary N) is 1. The third kappa shape index (κ3) is 4.32. The van der Waals surface area contributed by atoms with Crippen LogP contribution in [0.3, 0.4) is 0 Å². The molecular weight excluding hydrogens is 362 g/mol. The Balaban J connectivity index is 1.66. The fourth-order valence-electron chi connectivity index (χ4n) is 2.68. The maximum absolute atomic E-state index is 12.3. The third-order valence-corrected chi connectivity index (χ3v) is 4.05. The molecule has 3 aromatic rings. The van der Waals surface area contributed by atoms with Crippen molar-refractivity contribution in [3.63, 3.8) is 0 Å². The molecule has 144 valence electrons. The summed E-state index contributed by atoms with van der Waals surface area (Å²) in [5.74, 6) is -0.521. The first-order chi connectivity index (χ1) is 13.5. The van der Waals surface area contributed by atoms with Crippen molar-refractivity contribution in [2.75, 3.05) is 26.1 Å². The van der Waals surface area contributed by atoms with Crippen LogP contribution in [0.25, 0.3) is 10.8 Å². The van der Waals surface area contributed by atoms with Crippen LogP contribution >= 0.6 is 0 Å². The Hall–Kier alpha value is -3.74. The lowest BCUT2D eigenvalue weighted by Gasteiger charge is -2.11. The summed E-state index contributed by atoms with van der Waals surface area (Å²) in [5.41, 5.74) is 0.431. The Morgan fingerprint density at radius 3 is 2.14 bits per heavy atom. The first-order valence-electron chi connectivity index (χ1n) is 8.42. The molecule has 7 heteroatoms. The third-order valence-electron chi connectivity index (χ3n) is 4.05. The van der Waals surface area contributed by atoms with Gasteiger partial charge in [-0.1, -0.05) is 24.3 Å². The standard InChI is InChI=1S/C21H19NO6/c1-26-16-9-15(10-17(11-16)27-2)22-20(24)12-28-21(25)18-7-13-5-3-4-6-14(13)8-19(18)23/h3-11,23H,12H2,1-2H3,(H,22,24). The maximum atomic E-state index is 12.3. The lowest BCUT2D eigenvalue weighted by atomic mass is 10.1. The molecule has 3 rings (SSSR count). The summed E-state index contributed by atoms with van der Waals surface area (Å²) < 4.78 is 15.3. The van der Waals surface area contributed by atoms with Crippen LogP contribution in [0.1, 0.15) is 10.4 Å². The minimum absolute atomic E-state index is 0.00505. The summed E-state index contributed by atoms with van der Waals surface area (Å²) >= 11 is 0. The number of benzene rings is 3. The number of ether oxygens (including phenoxy) is 3. The summed E-state index contributed by atoms with van der Waals surface area (Å²) in [6.45, 7) is -0.509. The van der Waals surface area contributed by atoms with Gasteiger partial charge in [-0.25, -0.2) is 4.79 Å². The van der Waals surface area contributed by atoms with Crippen LogP contribution < -0.4 is 14.8 Å². The van der Waals surface area contributed by atoms with E-state index in [1.165, 1.54) is 26.4 Å². The van der Waals surface area contributed by atoms with Crippen LogP contribution in [0, 0.1) is 0 Å². The number of amides is 1. The molecule has 1 amide bonds. The number of fused-ring (bicyclic) bond motifs is 1. The van der Waals surface area contributed by atoms with Gasteiger partial charge in [0.15, 0.2) is 6.61 Å². The summed E-state index contributed by atoms with van der Waals surface area (Å²) in [6.07, 6.45) is 0. The molecule has 7 nitrogen and oxygen atoms in total. The molecule has 2 N–H and O–H groups in total. The van der Waals surface area contributed by atoms with Gasteiger partial charge in [0.25, 0.3) is 5.91 Å². The predicted molar refractivity (Wildman–Crippen MR) is 104 cm³/mol. The molecule has 0 aromatic heterocycles. The number of hydrogen-bond donors (Lipinski definition) is 2. The average molecular weight is 381 g/mol. The van der Waals surface area contributed by atoms with Crippen molar-refractivity contribution in [1.82, 2.24) is 0 Å². The normalized spacial score (nSPS) is 10.4. The molecule has 0 aliphatic heterocycles. The van der Waals surface area contributed by atoms with Crippen LogP contribution in [-0.2, 0) is 9.53 Å². The van der Waals surface area contributed by atoms with E-state index in [0.717, 1.165) is 10.8 Å². The second-order valence-electron chi connectivity index (χ2n) is 5.94. The number of methoxy groups -OCH3 is 2. The lowest BCUT2D eigenvalue weighted by molar-refractivity contribution is -0.119. The van der Waals surface area contributed by atoms with Crippen molar-refractivity contribution in [2.45, 2.75) is 0 Å². The van der Waals surface area contributed by atoms with E-state index in [4.69, 9.17) is 14.2 Å². The largest absolute Gasteiger partial charge is 0.507 e. The molecule has 0 aliphatic rings. The zero-order chi connectivity index (χ0) is 20.1. The van der Waals surface area contributed by atoms with Gasteiger partial charge < -0.3 is 24.6 Å². The molecule has 0 saturated carbocycles. The smallest absolute Gasteiger partial charge is 0.342 e. The molecule has 28 heavy (non-hydrogen) atoms. The average Bonchev–Trinajstić information content (AvgIpc) is 2.71. The van der Waals surface area contributed by atoms with Gasteiger partial charge >= 0.3 is 5.97 Å². The summed E-state index contributed by atoms with van der Waals surface area (Å²) in [4.78, 5) is 24.4. The Bertz CT molecular complexity index is 1010. The molecule has 0 heterocycles. The van der Waals surface area contributed by atoms with Gasteiger partial charge in [0.05, 0.1) is 14.2 Å². The van der Waals surface area contributed by atoms with E-state index in [-0.39, 0.29) is 11.3 Å². The second kappa shape index (κ2) is 8.30. The topological polar surface area (TPSA) is 94.1 Å². The van der Waals surface area contributed by atoms with Crippen LogP contribution in [0.15, 0.2) is 54.6 Å². The maximum Gasteiger partial charge on any atom is 0.342 e. The Kier molecular flexibility index (Phi) is 5.64. The van der Waals surface area contributed by atoms with E-state index in [0.29, 0.717) is 17.2 Å². The predicted octanol–water partition coefficient (Wildman–Crippen LogP) is 3.36. The van der Waals surface area contributed by atoms with Gasteiger partial charge in [0.2, 0.25) is 0 Å². The summed E-state index contributed by atoms with van der Waals surface area (Å²) in [6, 6.07) is 15.2. The van der Waals surface area contributed by atoms with Gasteiger partial charge in [0.1, 0.15) is 22.8 Å². The van der Waals surface area contributed by atoms with Crippen LogP contribution in [0.5, 0.6) is 17.2 Å². The number of carbonyl (C=O) groups is 2. The molecule has 0 atom stereocenters. The zero-order valence-electron chi connectivity index (χ0n) is 15.4. The van der Waals surface area contributed by atoms with E-state index in [1.807, 2.05) is 24.3 Å². The highest BCUT2D eigenvalue weighted by Crippen LogP contribution is 2.27. The number of anilines is 1. The Morgan fingerprint density at radius 2 is 1.54 bits per heavy atom. The SMILES string of the molecule is COc1cc(NC(=O)COC(=O)c2cc3ccccc3cc2O)cc(OC)c1. The number of esters is 1. The summed E-state index contributed by atoms with van der Waals surface area (Å²) in [5, 5.41) is 14.2. The second-order valence-corrected chi connectivity index (χ2v) is 5.94. The van der Waals surface area contributed by atoms with Crippen molar-refractivity contribution in [1.29, 1.82) is 0 Å². The number of carbonyl (C=O) groups excluding carboxylic acids is 2. The van der Waals surface area contributed by atoms with E-state index in [1.54, 1.807) is 18.2 Å². The highest BCUT2D eigenvalue weighted by Gasteiger charge is 2.16. The molecule has 0 fully saturated rings. The van der Waals surface area contributed by atoms with Crippen LogP contribution in [-0.4, -0.2) is 37.8 Å². The highest BCUT2D eigenvalue weighted by molar-refractivity contribution is 6.00. The number of phenols is 1. The van der Waals surface area contributed by atoms with Gasteiger partial charge in [-0.05, 0) is 22.9 Å². The van der Waals surface area contributed by atoms with E-state index < -0.39 is 18.5 Å². The van der Waals surface area contributed by atoms with Crippen molar-refractivity contribution in [3.8, 4) is 17.2 Å². The number of phenolic OH excluding ortho intramolecular Hbond substituents is 1. The van der Waals surface area contributed by atoms with Crippen LogP contribution in [0.4, 0.5) is 5.69 Å². The van der Waals surface area contributed by atoms with E-state index >= 15 is 0 Å². The van der Waals surface area contributed by atoms with Crippen molar-refractivity contribution in [3.05, 3.63) is 60.2 Å². The first-order valence-corrected chi connectivity index (χ1v) is 8.42. The molecule has 0 bridgehead atoms. The fourth-order valence-corrected chi connectivity index (χ4v) is 2.68. The fraction of sp³-hybridized carbons (Fsp3) is 0.143. The van der Waals surface area contributed by atoms with E-state index in [2.05, 4.69) is 5.32 Å². The molecular formula is C21H19NO6. The number of aromatic hydroxyl groups is 1. The van der Waals surface area contributed by atoms with Crippen molar-refractivity contribution < 1.29 is 28.9 Å². The zero-order valence-corrected chi connectivity index (χ0v) is 15.4. The molecule has 0 unspecified atom stereocenters. The Morgan fingerprint density at radius 1 is 0.929 bits per heavy atom. The molecule has 0 aliphatic carbocycles. The van der Waals surface area contributed by atoms with E-state index in [9.17, 15) is 14.7 Å². The molecule has 0 spiro atoms. The Labute approximate surface area is 161 Å². The first kappa shape index (κ1) is 19.0. The van der Waals surface area contributed by atoms with Crippen molar-refractivity contribution >= 4 is 28.3 Å². The number of hydrogen-bond acceptors (Lipinski definition) is 6. The summed E-state index contributed by atoms with van der Waals surface area (Å²) in [7, 11) is 3.00. The molecule has 3 aromatic carbocycles. The molecule has 0 radical (unpaired) electrons. The van der Waals surface area contributed by atoms with Gasteiger partial charge in [-0.15, -0.1) is 0 Å². The monoisotopic (exact) mass is 381 g/mol. The lowest BCUT2D eigenvalue weighted by Crippen LogP contribution is -2.21. The van der Waals surface area contributed by atoms with Crippen LogP contribution in [0.2, 0.25) is 0 Å².